The number of thioether (sulfide) groups is 1. The molecule has 0 N–H and O–H groups in total. The van der Waals surface area contributed by atoms with Gasteiger partial charge in [0.05, 0.1) is 10.1 Å². The molecule has 1 saturated heterocycles. The van der Waals surface area contributed by atoms with Crippen LogP contribution in [-0.4, -0.2) is 42.9 Å². The van der Waals surface area contributed by atoms with Crippen molar-refractivity contribution in [2.75, 3.05) is 0 Å². The van der Waals surface area contributed by atoms with Crippen molar-refractivity contribution in [1.29, 1.82) is 0 Å². The molecule has 0 aliphatic carbocycles. The molecule has 3 rings (SSSR count). The maximum absolute atomic E-state index is 13.0. The summed E-state index contributed by atoms with van der Waals surface area (Å²) in [5.74, 6) is 1.10. The molecule has 1 fully saturated rings. The van der Waals surface area contributed by atoms with Gasteiger partial charge in [-0.25, -0.2) is 0 Å². The van der Waals surface area contributed by atoms with Crippen molar-refractivity contribution in [2.24, 2.45) is 0 Å². The van der Waals surface area contributed by atoms with Gasteiger partial charge in [-0.2, -0.15) is 0 Å². The zero-order chi connectivity index (χ0) is 18.0. The highest BCUT2D eigenvalue weighted by molar-refractivity contribution is 8.00. The van der Waals surface area contributed by atoms with E-state index in [1.807, 2.05) is 18.4 Å². The highest BCUT2D eigenvalue weighted by atomic mass is 32.2. The molecule has 0 aromatic carbocycles. The first kappa shape index (κ1) is 18.5. The maximum atomic E-state index is 13.0. The van der Waals surface area contributed by atoms with Crippen molar-refractivity contribution in [3.8, 4) is 10.7 Å². The molecule has 1 aliphatic heterocycles. The van der Waals surface area contributed by atoms with Gasteiger partial charge in [-0.3, -0.25) is 4.79 Å². The fourth-order valence-corrected chi connectivity index (χ4v) is 5.21. The number of hydrogen-bond donors (Lipinski definition) is 0. The van der Waals surface area contributed by atoms with Gasteiger partial charge in [0.1, 0.15) is 0 Å². The molecule has 0 saturated carbocycles. The van der Waals surface area contributed by atoms with Crippen molar-refractivity contribution < 1.29 is 4.79 Å². The summed E-state index contributed by atoms with van der Waals surface area (Å²) in [4.78, 5) is 16.2. The lowest BCUT2D eigenvalue weighted by atomic mass is 9.97. The number of piperidine rings is 1. The lowest BCUT2D eigenvalue weighted by Gasteiger charge is -2.40. The lowest BCUT2D eigenvalue weighted by molar-refractivity contribution is -0.136. The lowest BCUT2D eigenvalue weighted by Crippen LogP contribution is -2.50. The van der Waals surface area contributed by atoms with Gasteiger partial charge in [-0.1, -0.05) is 17.8 Å². The average Bonchev–Trinajstić information content (AvgIpc) is 3.23. The molecule has 3 atom stereocenters. The van der Waals surface area contributed by atoms with E-state index in [4.69, 9.17) is 0 Å². The molecular weight excluding hydrogens is 352 g/mol. The molecule has 0 bridgehead atoms. The van der Waals surface area contributed by atoms with Gasteiger partial charge >= 0.3 is 0 Å². The minimum absolute atomic E-state index is 0.159. The molecule has 25 heavy (non-hydrogen) atoms. The molecule has 7 heteroatoms. The zero-order valence-corrected chi connectivity index (χ0v) is 16.9. The first-order valence-electron chi connectivity index (χ1n) is 8.98. The number of hydrogen-bond acceptors (Lipinski definition) is 5. The van der Waals surface area contributed by atoms with Gasteiger partial charge in [-0.05, 0) is 58.4 Å². The fourth-order valence-electron chi connectivity index (χ4n) is 3.52. The predicted octanol–water partition coefficient (Wildman–Crippen LogP) is 4.30. The zero-order valence-electron chi connectivity index (χ0n) is 15.3. The van der Waals surface area contributed by atoms with E-state index in [-0.39, 0.29) is 11.2 Å². The summed E-state index contributed by atoms with van der Waals surface area (Å²) in [6.07, 6.45) is 3.41. The molecule has 0 unspecified atom stereocenters. The molecular formula is C18H26N4OS2. The topological polar surface area (TPSA) is 51.0 Å². The van der Waals surface area contributed by atoms with Crippen LogP contribution in [0.5, 0.6) is 0 Å². The Morgan fingerprint density at radius 2 is 2.08 bits per heavy atom. The second-order valence-electron chi connectivity index (χ2n) is 6.66. The Morgan fingerprint density at radius 1 is 1.36 bits per heavy atom. The number of amides is 1. The average molecular weight is 379 g/mol. The Morgan fingerprint density at radius 3 is 2.68 bits per heavy atom. The van der Waals surface area contributed by atoms with E-state index in [2.05, 4.69) is 46.5 Å². The van der Waals surface area contributed by atoms with E-state index in [9.17, 15) is 4.79 Å². The number of carbonyl (C=O) groups excluding carboxylic acids is 1. The highest BCUT2D eigenvalue weighted by Crippen LogP contribution is 2.31. The summed E-state index contributed by atoms with van der Waals surface area (Å²) in [6.45, 7) is 9.19. The van der Waals surface area contributed by atoms with Crippen LogP contribution in [0, 0.1) is 0 Å². The van der Waals surface area contributed by atoms with E-state index in [0.717, 1.165) is 35.2 Å². The van der Waals surface area contributed by atoms with Crippen LogP contribution >= 0.6 is 23.1 Å². The molecule has 136 valence electrons. The number of rotatable bonds is 5. The van der Waals surface area contributed by atoms with Crippen LogP contribution in [0.1, 0.15) is 47.0 Å². The molecule has 5 nitrogen and oxygen atoms in total. The number of carbonyl (C=O) groups is 1. The minimum atomic E-state index is -0.159. The normalized spacial score (nSPS) is 22.2. The van der Waals surface area contributed by atoms with Gasteiger partial charge in [0.15, 0.2) is 11.0 Å². The Balaban J connectivity index is 1.76. The monoisotopic (exact) mass is 378 g/mol. The van der Waals surface area contributed by atoms with Crippen molar-refractivity contribution in [1.82, 2.24) is 19.7 Å². The fraction of sp³-hybridized carbons (Fsp3) is 0.611. The minimum Gasteiger partial charge on any atom is -0.336 e. The van der Waals surface area contributed by atoms with Crippen molar-refractivity contribution in [3.05, 3.63) is 17.5 Å². The van der Waals surface area contributed by atoms with Gasteiger partial charge in [0.25, 0.3) is 0 Å². The van der Waals surface area contributed by atoms with Crippen LogP contribution < -0.4 is 0 Å². The predicted molar refractivity (Wildman–Crippen MR) is 104 cm³/mol. The summed E-state index contributed by atoms with van der Waals surface area (Å²) in [7, 11) is 0. The van der Waals surface area contributed by atoms with E-state index >= 15 is 0 Å². The third-order valence-electron chi connectivity index (χ3n) is 4.85. The molecule has 0 spiro atoms. The Labute approximate surface area is 157 Å². The standard InChI is InChI=1S/C18H26N4OS2/c1-5-21-16(15-10-7-11-24-15)19-20-18(21)25-14(4)17(23)22-12(2)8-6-9-13(22)3/h7,10-14H,5-6,8-9H2,1-4H3/t12-,13+,14-/m0/s1. The van der Waals surface area contributed by atoms with Crippen LogP contribution in [0.2, 0.25) is 0 Å². The van der Waals surface area contributed by atoms with E-state index in [1.165, 1.54) is 18.2 Å². The highest BCUT2D eigenvalue weighted by Gasteiger charge is 2.32. The van der Waals surface area contributed by atoms with Crippen LogP contribution in [0.25, 0.3) is 10.7 Å². The van der Waals surface area contributed by atoms with E-state index in [0.29, 0.717) is 12.1 Å². The number of likely N-dealkylation sites (tertiary alicyclic amines) is 1. The second-order valence-corrected chi connectivity index (χ2v) is 8.92. The third-order valence-corrected chi connectivity index (χ3v) is 6.79. The van der Waals surface area contributed by atoms with Crippen LogP contribution in [0.15, 0.2) is 22.7 Å². The summed E-state index contributed by atoms with van der Waals surface area (Å²) in [6, 6.07) is 4.73. The van der Waals surface area contributed by atoms with Gasteiger partial charge in [-0.15, -0.1) is 21.5 Å². The van der Waals surface area contributed by atoms with Crippen molar-refractivity contribution >= 4 is 29.0 Å². The largest absolute Gasteiger partial charge is 0.336 e. The summed E-state index contributed by atoms with van der Waals surface area (Å²) < 4.78 is 2.10. The number of thiophene rings is 1. The third kappa shape index (κ3) is 3.77. The van der Waals surface area contributed by atoms with Crippen LogP contribution in [0.4, 0.5) is 0 Å². The summed E-state index contributed by atoms with van der Waals surface area (Å²) >= 11 is 3.18. The molecule has 1 aliphatic rings. The molecule has 3 heterocycles. The van der Waals surface area contributed by atoms with Gasteiger partial charge in [0, 0.05) is 18.6 Å². The van der Waals surface area contributed by atoms with Crippen molar-refractivity contribution in [3.63, 3.8) is 0 Å². The van der Waals surface area contributed by atoms with E-state index in [1.54, 1.807) is 11.3 Å². The Bertz CT molecular complexity index is 703. The number of aromatic nitrogens is 3. The Kier molecular flexibility index (Phi) is 5.84. The van der Waals surface area contributed by atoms with Crippen molar-refractivity contribution in [2.45, 2.75) is 76.0 Å². The summed E-state index contributed by atoms with van der Waals surface area (Å²) in [5, 5.41) is 11.4. The molecule has 2 aromatic heterocycles. The molecule has 1 amide bonds. The Hall–Kier alpha value is -1.34. The second kappa shape index (κ2) is 7.91. The van der Waals surface area contributed by atoms with Crippen LogP contribution in [-0.2, 0) is 11.3 Å². The summed E-state index contributed by atoms with van der Waals surface area (Å²) in [5.41, 5.74) is 0. The van der Waals surface area contributed by atoms with E-state index < -0.39 is 0 Å². The first-order chi connectivity index (χ1) is 12.0. The molecule has 0 radical (unpaired) electrons. The quantitative estimate of drug-likeness (QED) is 0.728. The van der Waals surface area contributed by atoms with Gasteiger partial charge in [0.2, 0.25) is 5.91 Å². The first-order valence-corrected chi connectivity index (χ1v) is 10.7. The van der Waals surface area contributed by atoms with Crippen LogP contribution in [0.3, 0.4) is 0 Å². The smallest absolute Gasteiger partial charge is 0.236 e. The van der Waals surface area contributed by atoms with Gasteiger partial charge < -0.3 is 9.47 Å². The maximum Gasteiger partial charge on any atom is 0.236 e. The number of nitrogens with zero attached hydrogens (tertiary/aromatic N) is 4. The molecule has 2 aromatic rings. The SMILES string of the molecule is CCn1c(S[C@@H](C)C(=O)N2[C@H](C)CCC[C@@H]2C)nnc1-c1cccs1.